The van der Waals surface area contributed by atoms with Crippen molar-refractivity contribution in [2.75, 3.05) is 11.9 Å². The Morgan fingerprint density at radius 3 is 2.90 bits per heavy atom. The summed E-state index contributed by atoms with van der Waals surface area (Å²) in [6.07, 6.45) is 5.94. The summed E-state index contributed by atoms with van der Waals surface area (Å²) in [5, 5.41) is 22.8. The van der Waals surface area contributed by atoms with Crippen LogP contribution < -0.4 is 15.2 Å². The van der Waals surface area contributed by atoms with Crippen molar-refractivity contribution in [2.24, 2.45) is 5.14 Å². The third-order valence-corrected chi connectivity index (χ3v) is 7.65. The molecule has 3 aliphatic rings. The van der Waals surface area contributed by atoms with Crippen LogP contribution in [0.15, 0.2) is 17.2 Å². The molecular formula is C21H27N5O4S. The maximum Gasteiger partial charge on any atom is 0.253 e. The van der Waals surface area contributed by atoms with Crippen LogP contribution in [0.3, 0.4) is 0 Å². The van der Waals surface area contributed by atoms with Crippen molar-refractivity contribution in [1.29, 1.82) is 4.78 Å². The minimum atomic E-state index is -3.54. The van der Waals surface area contributed by atoms with E-state index in [4.69, 9.17) is 14.7 Å². The van der Waals surface area contributed by atoms with E-state index in [1.165, 1.54) is 22.0 Å². The molecule has 0 bridgehead atoms. The molecule has 9 nitrogen and oxygen atoms in total. The van der Waals surface area contributed by atoms with Gasteiger partial charge in [0.1, 0.15) is 20.4 Å². The van der Waals surface area contributed by atoms with E-state index >= 15 is 0 Å². The van der Waals surface area contributed by atoms with E-state index in [0.717, 1.165) is 48.9 Å². The first-order valence-electron chi connectivity index (χ1n) is 10.5. The number of aliphatic hydroxyl groups excluding tert-OH is 1. The zero-order chi connectivity index (χ0) is 22.1. The summed E-state index contributed by atoms with van der Waals surface area (Å²) in [6, 6.07) is 1.43. The number of aromatic nitrogens is 2. The van der Waals surface area contributed by atoms with Crippen LogP contribution in [-0.4, -0.2) is 37.2 Å². The number of fused-ring (bicyclic) bond motifs is 3. The van der Waals surface area contributed by atoms with Crippen molar-refractivity contribution < 1.29 is 18.8 Å². The van der Waals surface area contributed by atoms with Crippen LogP contribution in [0.4, 0.5) is 5.69 Å². The molecule has 5 rings (SSSR count). The number of carbonyl (C=O) groups excluding carboxylic acids is 1. The maximum absolute atomic E-state index is 13.6. The average Bonchev–Trinajstić information content (AvgIpc) is 3.41. The second kappa shape index (κ2) is 6.78. The summed E-state index contributed by atoms with van der Waals surface area (Å²) < 4.78 is 27.1. The lowest BCUT2D eigenvalue weighted by Crippen LogP contribution is -2.41. The molecule has 0 saturated heterocycles. The van der Waals surface area contributed by atoms with Crippen LogP contribution in [0.5, 0.6) is 5.88 Å². The summed E-state index contributed by atoms with van der Waals surface area (Å²) in [5.41, 5.74) is 4.54. The van der Waals surface area contributed by atoms with Gasteiger partial charge in [-0.1, -0.05) is 6.07 Å². The van der Waals surface area contributed by atoms with Crippen LogP contribution in [0.2, 0.25) is 0 Å². The van der Waals surface area contributed by atoms with Gasteiger partial charge in [0, 0.05) is 11.6 Å². The Labute approximate surface area is 181 Å². The number of amides is 1. The first-order chi connectivity index (χ1) is 14.6. The Bertz CT molecular complexity index is 1200. The van der Waals surface area contributed by atoms with Crippen LogP contribution in [0.25, 0.3) is 0 Å². The monoisotopic (exact) mass is 445 g/mol. The molecule has 0 spiro atoms. The molecule has 31 heavy (non-hydrogen) atoms. The molecule has 2 aliphatic carbocycles. The van der Waals surface area contributed by atoms with Gasteiger partial charge in [0.05, 0.1) is 12.8 Å². The van der Waals surface area contributed by atoms with Gasteiger partial charge in [-0.3, -0.25) is 4.79 Å². The Balaban J connectivity index is 1.56. The zero-order valence-electron chi connectivity index (χ0n) is 17.6. The highest BCUT2D eigenvalue weighted by Gasteiger charge is 2.49. The van der Waals surface area contributed by atoms with E-state index in [0.29, 0.717) is 0 Å². The molecule has 0 radical (unpaired) electrons. The quantitative estimate of drug-likeness (QED) is 0.569. The molecule has 1 aromatic carbocycles. The van der Waals surface area contributed by atoms with E-state index in [1.807, 2.05) is 0 Å². The standard InChI is InChI=1S/C21H27N5O4S/c1-21(2)18(26-20(30-21)15(9-24-26)31(22,23)29)19(28)25-17-14-5-3-4-11(14)8-12-6-7-13(10-27)16(12)17/h8-9,13,18,27H,3-7,10H2,1-2H3,(H,25,28)(H3,22,23,29)/t13-,18?/m0/s1. The topological polar surface area (TPSA) is 143 Å². The van der Waals surface area contributed by atoms with Gasteiger partial charge in [-0.2, -0.15) is 5.10 Å². The number of aliphatic hydroxyl groups is 1. The van der Waals surface area contributed by atoms with Gasteiger partial charge < -0.3 is 15.2 Å². The normalized spacial score (nSPS) is 24.8. The minimum Gasteiger partial charge on any atom is -0.468 e. The fourth-order valence-corrected chi connectivity index (χ4v) is 5.94. The fourth-order valence-electron chi connectivity index (χ4n) is 5.34. The molecule has 2 unspecified atom stereocenters. The Kier molecular flexibility index (Phi) is 4.48. The summed E-state index contributed by atoms with van der Waals surface area (Å²) in [4.78, 5) is 13.6. The van der Waals surface area contributed by atoms with Crippen molar-refractivity contribution in [3.63, 3.8) is 0 Å². The van der Waals surface area contributed by atoms with Gasteiger partial charge in [0.2, 0.25) is 5.88 Å². The molecule has 0 saturated carbocycles. The van der Waals surface area contributed by atoms with E-state index in [9.17, 15) is 14.1 Å². The van der Waals surface area contributed by atoms with Crippen molar-refractivity contribution in [3.8, 4) is 5.88 Å². The minimum absolute atomic E-state index is 0.0149. The average molecular weight is 446 g/mol. The summed E-state index contributed by atoms with van der Waals surface area (Å²) in [5.74, 6) is -0.177. The summed E-state index contributed by atoms with van der Waals surface area (Å²) >= 11 is 0. The number of nitrogens with one attached hydrogen (secondary N) is 2. The van der Waals surface area contributed by atoms with Crippen LogP contribution in [-0.2, 0) is 34.0 Å². The van der Waals surface area contributed by atoms with Gasteiger partial charge in [-0.05, 0) is 68.2 Å². The number of nitrogens with zero attached hydrogens (tertiary/aromatic N) is 2. The first kappa shape index (κ1) is 20.5. The van der Waals surface area contributed by atoms with Crippen LogP contribution in [0, 0.1) is 4.78 Å². The highest BCUT2D eigenvalue weighted by Crippen LogP contribution is 2.46. The van der Waals surface area contributed by atoms with Gasteiger partial charge in [-0.25, -0.2) is 18.8 Å². The molecule has 2 heterocycles. The lowest BCUT2D eigenvalue weighted by molar-refractivity contribution is -0.122. The van der Waals surface area contributed by atoms with Crippen molar-refractivity contribution in [2.45, 2.75) is 68.4 Å². The Hall–Kier alpha value is -2.43. The number of ether oxygens (including phenoxy) is 1. The lowest BCUT2D eigenvalue weighted by atomic mass is 9.93. The van der Waals surface area contributed by atoms with Crippen LogP contribution >= 0.6 is 0 Å². The van der Waals surface area contributed by atoms with E-state index in [1.54, 1.807) is 13.8 Å². The molecule has 3 atom stereocenters. The second-order valence-corrected chi connectivity index (χ2v) is 10.8. The lowest BCUT2D eigenvalue weighted by Gasteiger charge is -2.26. The number of benzene rings is 1. The van der Waals surface area contributed by atoms with Gasteiger partial charge >= 0.3 is 0 Å². The van der Waals surface area contributed by atoms with Gasteiger partial charge in [-0.15, -0.1) is 0 Å². The van der Waals surface area contributed by atoms with Gasteiger partial charge in [0.25, 0.3) is 5.91 Å². The van der Waals surface area contributed by atoms with Crippen molar-refractivity contribution in [3.05, 3.63) is 34.5 Å². The van der Waals surface area contributed by atoms with Crippen LogP contribution in [0.1, 0.15) is 60.9 Å². The largest absolute Gasteiger partial charge is 0.468 e. The molecule has 166 valence electrons. The number of carbonyl (C=O) groups is 1. The third-order valence-electron chi connectivity index (χ3n) is 6.72. The number of nitrogens with two attached hydrogens (primary N) is 1. The molecule has 1 aromatic heterocycles. The number of hydrogen-bond donors (Lipinski definition) is 4. The number of aryl methyl sites for hydroxylation is 2. The molecule has 2 aromatic rings. The SMILES string of the molecule is CC1(C)Oc2c(S(=N)(N)=O)cnn2C1C(=O)Nc1c2c(cc3c1[C@H](CO)CC3)CCC2. The molecular weight excluding hydrogens is 418 g/mol. The summed E-state index contributed by atoms with van der Waals surface area (Å²) in [6.45, 7) is 3.57. The van der Waals surface area contributed by atoms with Crippen molar-refractivity contribution in [1.82, 2.24) is 9.78 Å². The molecule has 5 N–H and O–H groups in total. The van der Waals surface area contributed by atoms with Crippen molar-refractivity contribution >= 4 is 21.5 Å². The number of hydrogen-bond acceptors (Lipinski definition) is 6. The second-order valence-electron chi connectivity index (χ2n) is 9.19. The number of anilines is 1. The molecule has 0 fully saturated rings. The highest BCUT2D eigenvalue weighted by atomic mass is 32.2. The molecule has 10 heteroatoms. The highest BCUT2D eigenvalue weighted by molar-refractivity contribution is 7.90. The van der Waals surface area contributed by atoms with Gasteiger partial charge in [0.15, 0.2) is 6.04 Å². The summed E-state index contributed by atoms with van der Waals surface area (Å²) in [7, 11) is -3.54. The molecule has 1 aliphatic heterocycles. The third kappa shape index (κ3) is 3.07. The molecule has 1 amide bonds. The predicted molar refractivity (Wildman–Crippen MR) is 115 cm³/mol. The fraction of sp³-hybridized carbons (Fsp3) is 0.524. The predicted octanol–water partition coefficient (Wildman–Crippen LogP) is 2.02. The maximum atomic E-state index is 13.6. The zero-order valence-corrected chi connectivity index (χ0v) is 18.4. The smallest absolute Gasteiger partial charge is 0.253 e. The Morgan fingerprint density at radius 2 is 2.19 bits per heavy atom. The Morgan fingerprint density at radius 1 is 1.42 bits per heavy atom. The van der Waals surface area contributed by atoms with E-state index in [2.05, 4.69) is 16.5 Å². The number of rotatable bonds is 4. The first-order valence-corrected chi connectivity index (χ1v) is 12.2. The van der Waals surface area contributed by atoms with E-state index < -0.39 is 21.6 Å². The van der Waals surface area contributed by atoms with E-state index in [-0.39, 0.29) is 29.2 Å².